The average Bonchev–Trinajstić information content (AvgIpc) is 3.16. The summed E-state index contributed by atoms with van der Waals surface area (Å²) in [4.78, 5) is 19.8. The number of esters is 1. The summed E-state index contributed by atoms with van der Waals surface area (Å²) in [5.74, 6) is 0.556. The number of nitrogens with zero attached hydrogens (tertiary/aromatic N) is 2. The highest BCUT2D eigenvalue weighted by Gasteiger charge is 2.19. The van der Waals surface area contributed by atoms with E-state index < -0.39 is 5.97 Å². The maximum absolute atomic E-state index is 11.2. The first-order valence-corrected chi connectivity index (χ1v) is 8.56. The molecule has 0 atom stereocenters. The van der Waals surface area contributed by atoms with Gasteiger partial charge in [0, 0.05) is 24.1 Å². The summed E-state index contributed by atoms with van der Waals surface area (Å²) in [5.41, 5.74) is 1.56. The number of ether oxygens (including phenoxy) is 1. The van der Waals surface area contributed by atoms with Gasteiger partial charge in [-0.05, 0) is 29.8 Å². The van der Waals surface area contributed by atoms with Crippen molar-refractivity contribution in [3.05, 3.63) is 35.2 Å². The fourth-order valence-corrected chi connectivity index (χ4v) is 2.84. The summed E-state index contributed by atoms with van der Waals surface area (Å²) >= 11 is 3.09. The van der Waals surface area contributed by atoms with Gasteiger partial charge in [-0.2, -0.15) is 16.3 Å². The molecule has 0 fully saturated rings. The van der Waals surface area contributed by atoms with Gasteiger partial charge in [-0.25, -0.2) is 4.98 Å². The lowest BCUT2D eigenvalue weighted by Crippen LogP contribution is -2.02. The Hall–Kier alpha value is -2.12. The minimum Gasteiger partial charge on any atom is -0.432 e. The third-order valence-electron chi connectivity index (χ3n) is 2.81. The highest BCUT2D eigenvalue weighted by Crippen LogP contribution is 2.35. The SMILES string of the molecule is CSc1ccc(-c2nc(OC(C)=O)c(-c3ccsc3)o2)cn1. The van der Waals surface area contributed by atoms with E-state index in [0.29, 0.717) is 11.7 Å². The topological polar surface area (TPSA) is 65.2 Å². The van der Waals surface area contributed by atoms with Crippen molar-refractivity contribution in [2.45, 2.75) is 11.9 Å². The van der Waals surface area contributed by atoms with Crippen molar-refractivity contribution < 1.29 is 13.9 Å². The van der Waals surface area contributed by atoms with Crippen molar-refractivity contribution in [3.8, 4) is 28.7 Å². The fraction of sp³-hybridized carbons (Fsp3) is 0.133. The van der Waals surface area contributed by atoms with Crippen molar-refractivity contribution >= 4 is 29.1 Å². The van der Waals surface area contributed by atoms with Gasteiger partial charge in [0.15, 0.2) is 5.76 Å². The predicted molar refractivity (Wildman–Crippen MR) is 86.1 cm³/mol. The van der Waals surface area contributed by atoms with Gasteiger partial charge < -0.3 is 9.15 Å². The molecule has 7 heteroatoms. The number of hydrogen-bond donors (Lipinski definition) is 0. The number of thiophene rings is 1. The predicted octanol–water partition coefficient (Wildman–Crippen LogP) is 4.11. The summed E-state index contributed by atoms with van der Waals surface area (Å²) < 4.78 is 10.9. The van der Waals surface area contributed by atoms with Crippen molar-refractivity contribution in [1.82, 2.24) is 9.97 Å². The number of thioether (sulfide) groups is 1. The van der Waals surface area contributed by atoms with E-state index >= 15 is 0 Å². The van der Waals surface area contributed by atoms with E-state index in [-0.39, 0.29) is 5.88 Å². The Kier molecular flexibility index (Phi) is 4.26. The number of rotatable bonds is 4. The number of hydrogen-bond acceptors (Lipinski definition) is 7. The standard InChI is InChI=1S/C15H12N2O3S2/c1-9(18)19-15-13(11-5-6-22-8-11)20-14(17-15)10-3-4-12(21-2)16-7-10/h3-8H,1-2H3. The van der Waals surface area contributed by atoms with Gasteiger partial charge in [0.05, 0.1) is 10.6 Å². The van der Waals surface area contributed by atoms with Crippen LogP contribution in [0.4, 0.5) is 0 Å². The minimum atomic E-state index is -0.438. The van der Waals surface area contributed by atoms with Crippen LogP contribution < -0.4 is 4.74 Å². The van der Waals surface area contributed by atoms with E-state index in [9.17, 15) is 4.79 Å². The molecule has 5 nitrogen and oxygen atoms in total. The van der Waals surface area contributed by atoms with Crippen LogP contribution in [0, 0.1) is 0 Å². The molecule has 0 amide bonds. The van der Waals surface area contributed by atoms with Gasteiger partial charge >= 0.3 is 5.97 Å². The van der Waals surface area contributed by atoms with Crippen molar-refractivity contribution in [3.63, 3.8) is 0 Å². The Bertz CT molecular complexity index is 780. The maximum atomic E-state index is 11.2. The molecule has 0 spiro atoms. The molecule has 0 aliphatic heterocycles. The van der Waals surface area contributed by atoms with Crippen LogP contribution in [0.1, 0.15) is 6.92 Å². The molecule has 3 aromatic rings. The Morgan fingerprint density at radius 1 is 1.32 bits per heavy atom. The van der Waals surface area contributed by atoms with E-state index in [0.717, 1.165) is 16.2 Å². The van der Waals surface area contributed by atoms with Crippen LogP contribution in [-0.2, 0) is 4.79 Å². The van der Waals surface area contributed by atoms with Crippen LogP contribution >= 0.6 is 23.1 Å². The van der Waals surface area contributed by atoms with E-state index in [4.69, 9.17) is 9.15 Å². The molecule has 0 aromatic carbocycles. The first kappa shape index (κ1) is 14.8. The molecule has 112 valence electrons. The first-order chi connectivity index (χ1) is 10.7. The van der Waals surface area contributed by atoms with Gasteiger partial charge in [0.2, 0.25) is 5.89 Å². The van der Waals surface area contributed by atoms with Crippen LogP contribution in [0.2, 0.25) is 0 Å². The second-order valence-electron chi connectivity index (χ2n) is 4.35. The summed E-state index contributed by atoms with van der Waals surface area (Å²) in [6.45, 7) is 1.33. The fourth-order valence-electron chi connectivity index (χ4n) is 1.84. The number of carbonyl (C=O) groups is 1. The monoisotopic (exact) mass is 332 g/mol. The molecule has 0 unspecified atom stereocenters. The molecule has 0 saturated carbocycles. The quantitative estimate of drug-likeness (QED) is 0.529. The summed E-state index contributed by atoms with van der Waals surface area (Å²) in [6, 6.07) is 5.65. The minimum absolute atomic E-state index is 0.176. The molecular weight excluding hydrogens is 320 g/mol. The van der Waals surface area contributed by atoms with Gasteiger partial charge in [-0.1, -0.05) is 0 Å². The number of oxazole rings is 1. The molecule has 3 heterocycles. The summed E-state index contributed by atoms with van der Waals surface area (Å²) in [7, 11) is 0. The highest BCUT2D eigenvalue weighted by molar-refractivity contribution is 7.98. The molecular formula is C15H12N2O3S2. The zero-order valence-electron chi connectivity index (χ0n) is 11.9. The van der Waals surface area contributed by atoms with E-state index in [1.54, 1.807) is 18.0 Å². The zero-order chi connectivity index (χ0) is 15.5. The van der Waals surface area contributed by atoms with Crippen LogP contribution in [0.15, 0.2) is 44.6 Å². The van der Waals surface area contributed by atoms with Crippen LogP contribution in [0.5, 0.6) is 5.88 Å². The number of carbonyl (C=O) groups excluding carboxylic acids is 1. The molecule has 0 bridgehead atoms. The molecule has 0 N–H and O–H groups in total. The van der Waals surface area contributed by atoms with E-state index in [1.165, 1.54) is 18.3 Å². The Morgan fingerprint density at radius 3 is 2.77 bits per heavy atom. The normalized spacial score (nSPS) is 10.6. The average molecular weight is 332 g/mol. The summed E-state index contributed by atoms with van der Waals surface area (Å²) in [5, 5.41) is 4.74. The second-order valence-corrected chi connectivity index (χ2v) is 5.95. The second kappa shape index (κ2) is 6.33. The largest absolute Gasteiger partial charge is 0.432 e. The van der Waals surface area contributed by atoms with Crippen molar-refractivity contribution in [1.29, 1.82) is 0 Å². The number of pyridine rings is 1. The Morgan fingerprint density at radius 2 is 2.18 bits per heavy atom. The van der Waals surface area contributed by atoms with E-state index in [1.807, 2.05) is 35.2 Å². The lowest BCUT2D eigenvalue weighted by Gasteiger charge is -1.97. The molecule has 0 aliphatic rings. The van der Waals surface area contributed by atoms with Gasteiger partial charge in [-0.3, -0.25) is 4.79 Å². The molecule has 22 heavy (non-hydrogen) atoms. The Labute approximate surface area is 135 Å². The van der Waals surface area contributed by atoms with E-state index in [2.05, 4.69) is 9.97 Å². The lowest BCUT2D eigenvalue weighted by molar-refractivity contribution is -0.132. The van der Waals surface area contributed by atoms with Crippen LogP contribution in [-0.4, -0.2) is 22.2 Å². The maximum Gasteiger partial charge on any atom is 0.309 e. The summed E-state index contributed by atoms with van der Waals surface area (Å²) in [6.07, 6.45) is 3.65. The molecule has 0 radical (unpaired) electrons. The number of aromatic nitrogens is 2. The van der Waals surface area contributed by atoms with Gasteiger partial charge in [0.25, 0.3) is 5.88 Å². The Balaban J connectivity index is 2.03. The van der Waals surface area contributed by atoms with Gasteiger partial charge in [0.1, 0.15) is 0 Å². The van der Waals surface area contributed by atoms with Crippen LogP contribution in [0.3, 0.4) is 0 Å². The van der Waals surface area contributed by atoms with Crippen molar-refractivity contribution in [2.75, 3.05) is 6.26 Å². The lowest BCUT2D eigenvalue weighted by atomic mass is 10.3. The zero-order valence-corrected chi connectivity index (χ0v) is 13.5. The first-order valence-electron chi connectivity index (χ1n) is 6.39. The molecule has 3 aromatic heterocycles. The smallest absolute Gasteiger partial charge is 0.309 e. The third kappa shape index (κ3) is 3.05. The van der Waals surface area contributed by atoms with Gasteiger partial charge in [-0.15, -0.1) is 11.8 Å². The highest BCUT2D eigenvalue weighted by atomic mass is 32.2. The van der Waals surface area contributed by atoms with Crippen molar-refractivity contribution in [2.24, 2.45) is 0 Å². The molecule has 0 aliphatic carbocycles. The van der Waals surface area contributed by atoms with Crippen LogP contribution in [0.25, 0.3) is 22.8 Å². The molecule has 3 rings (SSSR count). The third-order valence-corrected chi connectivity index (χ3v) is 4.16. The molecule has 0 saturated heterocycles.